The highest BCUT2D eigenvalue weighted by Crippen LogP contribution is 2.04. The fourth-order valence-electron chi connectivity index (χ4n) is 1.12. The van der Waals surface area contributed by atoms with E-state index in [0.29, 0.717) is 0 Å². The zero-order chi connectivity index (χ0) is 9.68. The van der Waals surface area contributed by atoms with Gasteiger partial charge in [-0.2, -0.15) is 0 Å². The van der Waals surface area contributed by atoms with Gasteiger partial charge in [0.1, 0.15) is 0 Å². The lowest BCUT2D eigenvalue weighted by Crippen LogP contribution is -1.99. The van der Waals surface area contributed by atoms with Gasteiger partial charge in [-0.1, -0.05) is 37.3 Å². The van der Waals surface area contributed by atoms with E-state index in [2.05, 4.69) is 13.0 Å². The first kappa shape index (κ1) is 9.72. The summed E-state index contributed by atoms with van der Waals surface area (Å²) in [5, 5.41) is 0. The Bertz CT molecular complexity index is 364. The second-order valence-electron chi connectivity index (χ2n) is 2.97. The SMILES string of the molecule is CC/C=C\c1ccccc(=O)c1C. The van der Waals surface area contributed by atoms with E-state index in [1.165, 1.54) is 0 Å². The summed E-state index contributed by atoms with van der Waals surface area (Å²) in [5.41, 5.74) is 1.92. The Morgan fingerprint density at radius 3 is 2.69 bits per heavy atom. The first-order chi connectivity index (χ1) is 6.25. The maximum absolute atomic E-state index is 11.4. The van der Waals surface area contributed by atoms with Crippen molar-refractivity contribution in [2.24, 2.45) is 0 Å². The molecule has 0 bridgehead atoms. The number of hydrogen-bond acceptors (Lipinski definition) is 1. The van der Waals surface area contributed by atoms with E-state index in [1.54, 1.807) is 12.1 Å². The van der Waals surface area contributed by atoms with Crippen molar-refractivity contribution in [1.29, 1.82) is 0 Å². The molecule has 1 rings (SSSR count). The molecule has 0 atom stereocenters. The van der Waals surface area contributed by atoms with Crippen LogP contribution in [0.5, 0.6) is 0 Å². The number of hydrogen-bond donors (Lipinski definition) is 0. The van der Waals surface area contributed by atoms with Crippen molar-refractivity contribution >= 4 is 6.08 Å². The van der Waals surface area contributed by atoms with Crippen LogP contribution in [0.1, 0.15) is 24.5 Å². The van der Waals surface area contributed by atoms with Crippen molar-refractivity contribution < 1.29 is 0 Å². The summed E-state index contributed by atoms with van der Waals surface area (Å²) < 4.78 is 0. The molecule has 1 nitrogen and oxygen atoms in total. The minimum Gasteiger partial charge on any atom is -0.290 e. The van der Waals surface area contributed by atoms with E-state index >= 15 is 0 Å². The van der Waals surface area contributed by atoms with Crippen molar-refractivity contribution in [3.8, 4) is 0 Å². The Balaban J connectivity index is 3.24. The molecule has 0 radical (unpaired) electrons. The van der Waals surface area contributed by atoms with Crippen LogP contribution in [0.4, 0.5) is 0 Å². The fraction of sp³-hybridized carbons (Fsp3) is 0.250. The van der Waals surface area contributed by atoms with Gasteiger partial charge in [-0.3, -0.25) is 4.79 Å². The third-order valence-corrected chi connectivity index (χ3v) is 1.97. The monoisotopic (exact) mass is 174 g/mol. The van der Waals surface area contributed by atoms with Gasteiger partial charge >= 0.3 is 0 Å². The highest BCUT2D eigenvalue weighted by Gasteiger charge is 1.94. The number of rotatable bonds is 2. The highest BCUT2D eigenvalue weighted by atomic mass is 16.1. The van der Waals surface area contributed by atoms with Crippen molar-refractivity contribution in [3.05, 3.63) is 51.7 Å². The quantitative estimate of drug-likeness (QED) is 0.673. The van der Waals surface area contributed by atoms with Crippen molar-refractivity contribution in [3.63, 3.8) is 0 Å². The fourth-order valence-corrected chi connectivity index (χ4v) is 1.12. The predicted octanol–water partition coefficient (Wildman–Crippen LogP) is 2.78. The maximum Gasteiger partial charge on any atom is 0.182 e. The zero-order valence-electron chi connectivity index (χ0n) is 8.08. The van der Waals surface area contributed by atoms with Crippen LogP contribution in [-0.2, 0) is 0 Å². The lowest BCUT2D eigenvalue weighted by molar-refractivity contribution is 1.23. The van der Waals surface area contributed by atoms with Crippen molar-refractivity contribution in [2.75, 3.05) is 0 Å². The smallest absolute Gasteiger partial charge is 0.182 e. The maximum atomic E-state index is 11.4. The first-order valence-corrected chi connectivity index (χ1v) is 4.52. The Morgan fingerprint density at radius 1 is 1.31 bits per heavy atom. The predicted molar refractivity (Wildman–Crippen MR) is 56.8 cm³/mol. The molecule has 0 fully saturated rings. The van der Waals surface area contributed by atoms with Crippen LogP contribution < -0.4 is 5.43 Å². The summed E-state index contributed by atoms with van der Waals surface area (Å²) >= 11 is 0. The van der Waals surface area contributed by atoms with Crippen LogP contribution in [0.3, 0.4) is 0 Å². The Kier molecular flexibility index (Phi) is 3.44. The van der Waals surface area contributed by atoms with E-state index in [-0.39, 0.29) is 5.43 Å². The molecule has 13 heavy (non-hydrogen) atoms. The second-order valence-corrected chi connectivity index (χ2v) is 2.97. The molecular formula is C12H14O. The van der Waals surface area contributed by atoms with Gasteiger partial charge < -0.3 is 0 Å². The summed E-state index contributed by atoms with van der Waals surface area (Å²) in [6.45, 7) is 3.94. The summed E-state index contributed by atoms with van der Waals surface area (Å²) in [7, 11) is 0. The average Bonchev–Trinajstić information content (AvgIpc) is 2.28. The minimum atomic E-state index is 0.0979. The lowest BCUT2D eigenvalue weighted by Gasteiger charge is -1.91. The largest absolute Gasteiger partial charge is 0.290 e. The molecule has 1 aromatic carbocycles. The molecule has 0 amide bonds. The molecule has 1 aromatic rings. The third-order valence-electron chi connectivity index (χ3n) is 1.97. The van der Waals surface area contributed by atoms with E-state index in [0.717, 1.165) is 17.5 Å². The molecule has 0 saturated heterocycles. The Labute approximate surface area is 78.7 Å². The van der Waals surface area contributed by atoms with Gasteiger partial charge in [0.15, 0.2) is 5.43 Å². The molecule has 0 aliphatic rings. The van der Waals surface area contributed by atoms with Gasteiger partial charge in [-0.05, 0) is 25.0 Å². The van der Waals surface area contributed by atoms with Crippen molar-refractivity contribution in [2.45, 2.75) is 20.3 Å². The Hall–Kier alpha value is -1.37. The normalized spacial score (nSPS) is 10.6. The van der Waals surface area contributed by atoms with Crippen LogP contribution in [0.25, 0.3) is 6.08 Å². The van der Waals surface area contributed by atoms with E-state index < -0.39 is 0 Å². The van der Waals surface area contributed by atoms with E-state index in [1.807, 2.05) is 25.1 Å². The van der Waals surface area contributed by atoms with Gasteiger partial charge in [-0.25, -0.2) is 0 Å². The van der Waals surface area contributed by atoms with E-state index in [9.17, 15) is 4.79 Å². The molecule has 0 spiro atoms. The average molecular weight is 174 g/mol. The number of allylic oxidation sites excluding steroid dienone is 1. The zero-order valence-corrected chi connectivity index (χ0v) is 8.08. The van der Waals surface area contributed by atoms with Crippen LogP contribution in [0, 0.1) is 6.92 Å². The van der Waals surface area contributed by atoms with Gasteiger partial charge in [0.25, 0.3) is 0 Å². The molecular weight excluding hydrogens is 160 g/mol. The highest BCUT2D eigenvalue weighted by molar-refractivity contribution is 5.52. The summed E-state index contributed by atoms with van der Waals surface area (Å²) in [6.07, 6.45) is 5.05. The van der Waals surface area contributed by atoms with Crippen LogP contribution in [-0.4, -0.2) is 0 Å². The van der Waals surface area contributed by atoms with Crippen LogP contribution in [0.15, 0.2) is 35.1 Å². The topological polar surface area (TPSA) is 17.1 Å². The lowest BCUT2D eigenvalue weighted by atomic mass is 10.1. The molecule has 0 unspecified atom stereocenters. The van der Waals surface area contributed by atoms with Gasteiger partial charge in [-0.15, -0.1) is 0 Å². The van der Waals surface area contributed by atoms with Crippen LogP contribution in [0.2, 0.25) is 0 Å². The molecule has 0 saturated carbocycles. The van der Waals surface area contributed by atoms with E-state index in [4.69, 9.17) is 0 Å². The molecule has 0 heterocycles. The van der Waals surface area contributed by atoms with Gasteiger partial charge in [0, 0.05) is 5.56 Å². The molecule has 1 heteroatoms. The summed E-state index contributed by atoms with van der Waals surface area (Å²) in [5.74, 6) is 0. The molecule has 68 valence electrons. The molecule has 0 aliphatic carbocycles. The Morgan fingerprint density at radius 2 is 2.00 bits per heavy atom. The standard InChI is InChI=1S/C12H14O/c1-3-4-7-11-8-5-6-9-12(13)10(11)2/h4-9H,3H2,1-2H3/b7-4-. The summed E-state index contributed by atoms with van der Waals surface area (Å²) in [4.78, 5) is 11.4. The first-order valence-electron chi connectivity index (χ1n) is 4.52. The van der Waals surface area contributed by atoms with Crippen LogP contribution >= 0.6 is 0 Å². The molecule has 0 aromatic heterocycles. The summed E-state index contributed by atoms with van der Waals surface area (Å²) in [6, 6.07) is 7.23. The third kappa shape index (κ3) is 2.55. The van der Waals surface area contributed by atoms with Gasteiger partial charge in [0.2, 0.25) is 0 Å². The molecule has 0 N–H and O–H groups in total. The van der Waals surface area contributed by atoms with Gasteiger partial charge in [0.05, 0.1) is 0 Å². The second kappa shape index (κ2) is 4.61. The molecule has 0 aliphatic heterocycles. The van der Waals surface area contributed by atoms with Crippen molar-refractivity contribution in [1.82, 2.24) is 0 Å². The minimum absolute atomic E-state index is 0.0979.